The van der Waals surface area contributed by atoms with E-state index in [4.69, 9.17) is 16.2 Å². The van der Waals surface area contributed by atoms with Crippen molar-refractivity contribution in [1.29, 1.82) is 0 Å². The highest BCUT2D eigenvalue weighted by Gasteiger charge is 2.08. The molecule has 76 valence electrons. The Hall–Kier alpha value is -1.46. The summed E-state index contributed by atoms with van der Waals surface area (Å²) in [6.07, 6.45) is 3.00. The number of methoxy groups -OCH3 is 1. The summed E-state index contributed by atoms with van der Waals surface area (Å²) in [5, 5.41) is 0. The van der Waals surface area contributed by atoms with Crippen LogP contribution in [0.3, 0.4) is 0 Å². The molecular formula is C9H13N3O2. The Labute approximate surface area is 82.1 Å². The lowest BCUT2D eigenvalue weighted by molar-refractivity contribution is 0.0999. The van der Waals surface area contributed by atoms with Gasteiger partial charge in [-0.15, -0.1) is 0 Å². The fraction of sp³-hybridized carbons (Fsp3) is 0.333. The van der Waals surface area contributed by atoms with Gasteiger partial charge in [-0.3, -0.25) is 9.78 Å². The van der Waals surface area contributed by atoms with Crippen molar-refractivity contribution in [2.24, 2.45) is 11.5 Å². The zero-order valence-electron chi connectivity index (χ0n) is 7.93. The van der Waals surface area contributed by atoms with Crippen molar-refractivity contribution in [3.05, 3.63) is 29.6 Å². The summed E-state index contributed by atoms with van der Waals surface area (Å²) in [5.41, 5.74) is 12.0. The summed E-state index contributed by atoms with van der Waals surface area (Å²) in [7, 11) is 1.56. The fourth-order valence-corrected chi connectivity index (χ4v) is 1.07. The first-order chi connectivity index (χ1) is 6.65. The first kappa shape index (κ1) is 10.6. The first-order valence-corrected chi connectivity index (χ1v) is 4.14. The van der Waals surface area contributed by atoms with Gasteiger partial charge in [0, 0.05) is 19.5 Å². The van der Waals surface area contributed by atoms with Gasteiger partial charge in [0.15, 0.2) is 0 Å². The van der Waals surface area contributed by atoms with Crippen molar-refractivity contribution < 1.29 is 9.53 Å². The molecule has 1 amide bonds. The monoisotopic (exact) mass is 195 g/mol. The lowest BCUT2D eigenvalue weighted by Crippen LogP contribution is -2.18. The summed E-state index contributed by atoms with van der Waals surface area (Å²) < 4.78 is 4.89. The Bertz CT molecular complexity index is 328. The maximum atomic E-state index is 10.8. The number of carbonyl (C=O) groups is 1. The predicted octanol–water partition coefficient (Wildman–Crippen LogP) is -0.173. The van der Waals surface area contributed by atoms with Crippen LogP contribution in [0.5, 0.6) is 0 Å². The van der Waals surface area contributed by atoms with Crippen molar-refractivity contribution >= 4 is 5.91 Å². The Morgan fingerprint density at radius 1 is 1.64 bits per heavy atom. The Morgan fingerprint density at radius 2 is 2.36 bits per heavy atom. The summed E-state index contributed by atoms with van der Waals surface area (Å²) >= 11 is 0. The quantitative estimate of drug-likeness (QED) is 0.697. The Kier molecular flexibility index (Phi) is 3.55. The van der Waals surface area contributed by atoms with Gasteiger partial charge in [0.1, 0.15) is 0 Å². The molecule has 0 unspecified atom stereocenters. The van der Waals surface area contributed by atoms with Crippen LogP contribution in [0.4, 0.5) is 0 Å². The summed E-state index contributed by atoms with van der Waals surface area (Å²) in [6.45, 7) is 0.379. The smallest absolute Gasteiger partial charge is 0.250 e. The van der Waals surface area contributed by atoms with E-state index in [0.29, 0.717) is 12.2 Å². The number of amides is 1. The van der Waals surface area contributed by atoms with Crippen LogP contribution in [0.2, 0.25) is 0 Å². The largest absolute Gasteiger partial charge is 0.383 e. The molecule has 0 aliphatic carbocycles. The molecule has 0 spiro atoms. The second kappa shape index (κ2) is 4.69. The maximum Gasteiger partial charge on any atom is 0.250 e. The van der Waals surface area contributed by atoms with Crippen molar-refractivity contribution in [1.82, 2.24) is 4.98 Å². The first-order valence-electron chi connectivity index (χ1n) is 4.14. The molecule has 4 N–H and O–H groups in total. The average Bonchev–Trinajstić information content (AvgIpc) is 2.18. The standard InChI is InChI=1S/C9H13N3O2/c1-14-5-8(10)6-2-7(9(11)13)4-12-3-6/h2-4,8H,5,10H2,1H3,(H2,11,13)/t8-/m1/s1. The van der Waals surface area contributed by atoms with Gasteiger partial charge in [-0.1, -0.05) is 0 Å². The number of nitrogens with two attached hydrogens (primary N) is 2. The number of carbonyl (C=O) groups excluding carboxylic acids is 1. The minimum Gasteiger partial charge on any atom is -0.383 e. The third-order valence-electron chi connectivity index (χ3n) is 1.82. The SMILES string of the molecule is COC[C@@H](N)c1cncc(C(N)=O)c1. The minimum atomic E-state index is -0.510. The van der Waals surface area contributed by atoms with Crippen LogP contribution in [0.15, 0.2) is 18.5 Å². The molecule has 0 saturated heterocycles. The van der Waals surface area contributed by atoms with Crippen molar-refractivity contribution in [2.75, 3.05) is 13.7 Å². The van der Waals surface area contributed by atoms with Crippen LogP contribution in [0.25, 0.3) is 0 Å². The average molecular weight is 195 g/mol. The molecule has 14 heavy (non-hydrogen) atoms. The number of nitrogens with zero attached hydrogens (tertiary/aromatic N) is 1. The molecule has 0 aromatic carbocycles. The van der Waals surface area contributed by atoms with Crippen molar-refractivity contribution in [3.8, 4) is 0 Å². The zero-order chi connectivity index (χ0) is 10.6. The van der Waals surface area contributed by atoms with E-state index in [1.807, 2.05) is 0 Å². The van der Waals surface area contributed by atoms with Crippen LogP contribution in [0, 0.1) is 0 Å². The molecular weight excluding hydrogens is 182 g/mol. The van der Waals surface area contributed by atoms with Crippen LogP contribution < -0.4 is 11.5 Å². The highest BCUT2D eigenvalue weighted by molar-refractivity contribution is 5.92. The lowest BCUT2D eigenvalue weighted by atomic mass is 10.1. The molecule has 0 saturated carbocycles. The summed E-state index contributed by atoms with van der Waals surface area (Å²) in [5.74, 6) is -0.510. The number of pyridine rings is 1. The van der Waals surface area contributed by atoms with Gasteiger partial charge in [-0.05, 0) is 11.6 Å². The van der Waals surface area contributed by atoms with E-state index < -0.39 is 5.91 Å². The number of hydrogen-bond acceptors (Lipinski definition) is 4. The molecule has 1 rings (SSSR count). The van der Waals surface area contributed by atoms with Crippen LogP contribution in [-0.4, -0.2) is 24.6 Å². The van der Waals surface area contributed by atoms with E-state index in [0.717, 1.165) is 5.56 Å². The number of ether oxygens (including phenoxy) is 1. The van der Waals surface area contributed by atoms with Gasteiger partial charge in [0.2, 0.25) is 5.91 Å². The number of aromatic nitrogens is 1. The Balaban J connectivity index is 2.87. The molecule has 0 radical (unpaired) electrons. The summed E-state index contributed by atoms with van der Waals surface area (Å²) in [6, 6.07) is 1.34. The molecule has 0 aliphatic heterocycles. The Morgan fingerprint density at radius 3 is 2.93 bits per heavy atom. The normalized spacial score (nSPS) is 12.4. The van der Waals surface area contributed by atoms with Crippen LogP contribution in [0.1, 0.15) is 22.0 Å². The molecule has 0 fully saturated rings. The van der Waals surface area contributed by atoms with E-state index >= 15 is 0 Å². The number of primary amides is 1. The van der Waals surface area contributed by atoms with E-state index in [2.05, 4.69) is 4.98 Å². The van der Waals surface area contributed by atoms with Gasteiger partial charge < -0.3 is 16.2 Å². The minimum absolute atomic E-state index is 0.285. The van der Waals surface area contributed by atoms with E-state index in [1.54, 1.807) is 19.4 Å². The lowest BCUT2D eigenvalue weighted by Gasteiger charge is -2.10. The number of rotatable bonds is 4. The molecule has 1 heterocycles. The van der Waals surface area contributed by atoms with E-state index in [9.17, 15) is 4.79 Å². The second-order valence-electron chi connectivity index (χ2n) is 2.93. The molecule has 5 nitrogen and oxygen atoms in total. The third kappa shape index (κ3) is 2.51. The second-order valence-corrected chi connectivity index (χ2v) is 2.93. The van der Waals surface area contributed by atoms with Gasteiger partial charge in [0.25, 0.3) is 0 Å². The topological polar surface area (TPSA) is 91.2 Å². The number of hydrogen-bond donors (Lipinski definition) is 2. The molecule has 1 atom stereocenters. The van der Waals surface area contributed by atoms with Crippen LogP contribution >= 0.6 is 0 Å². The maximum absolute atomic E-state index is 10.8. The van der Waals surface area contributed by atoms with Gasteiger partial charge in [-0.25, -0.2) is 0 Å². The third-order valence-corrected chi connectivity index (χ3v) is 1.82. The van der Waals surface area contributed by atoms with Gasteiger partial charge >= 0.3 is 0 Å². The molecule has 0 bridgehead atoms. The molecule has 1 aromatic heterocycles. The van der Waals surface area contributed by atoms with Crippen molar-refractivity contribution in [3.63, 3.8) is 0 Å². The highest BCUT2D eigenvalue weighted by atomic mass is 16.5. The van der Waals surface area contributed by atoms with Gasteiger partial charge in [-0.2, -0.15) is 0 Å². The fourth-order valence-electron chi connectivity index (χ4n) is 1.07. The van der Waals surface area contributed by atoms with E-state index in [-0.39, 0.29) is 6.04 Å². The van der Waals surface area contributed by atoms with Crippen LogP contribution in [-0.2, 0) is 4.74 Å². The van der Waals surface area contributed by atoms with E-state index in [1.165, 1.54) is 6.20 Å². The highest BCUT2D eigenvalue weighted by Crippen LogP contribution is 2.10. The van der Waals surface area contributed by atoms with Gasteiger partial charge in [0.05, 0.1) is 18.2 Å². The predicted molar refractivity (Wildman–Crippen MR) is 51.6 cm³/mol. The molecule has 0 aliphatic rings. The van der Waals surface area contributed by atoms with Crippen molar-refractivity contribution in [2.45, 2.75) is 6.04 Å². The molecule has 1 aromatic rings. The zero-order valence-corrected chi connectivity index (χ0v) is 7.93. The summed E-state index contributed by atoms with van der Waals surface area (Å²) in [4.78, 5) is 14.7. The molecule has 5 heteroatoms.